The number of likely N-dealkylation sites (N-methyl/N-ethyl adjacent to an activating group) is 3. The van der Waals surface area contributed by atoms with Crippen molar-refractivity contribution in [1.82, 2.24) is 10.3 Å². The van der Waals surface area contributed by atoms with Crippen molar-refractivity contribution < 1.29 is 52.6 Å². The number of aromatic hydroxyl groups is 3. The second-order valence-corrected chi connectivity index (χ2v) is 33.6. The minimum absolute atomic E-state index is 0.000584. The summed E-state index contributed by atoms with van der Waals surface area (Å²) >= 11 is 1.98. The molecule has 6 aromatic rings. The van der Waals surface area contributed by atoms with E-state index in [-0.39, 0.29) is 56.8 Å². The number of phenols is 3. The second kappa shape index (κ2) is 24.8. The molecule has 3 aliphatic carbocycles. The number of thioether (sulfide) groups is 1. The Bertz CT molecular complexity index is 3700. The zero-order valence-corrected chi connectivity index (χ0v) is 59.7. The minimum Gasteiger partial charge on any atom is -0.508 e. The number of nitrogens with zero attached hydrogens (tertiary/aromatic N) is 3. The summed E-state index contributed by atoms with van der Waals surface area (Å²) in [5, 5.41) is 35.7. The van der Waals surface area contributed by atoms with Gasteiger partial charge in [0.1, 0.15) is 29.0 Å². The van der Waals surface area contributed by atoms with Crippen LogP contribution in [0.4, 0.5) is 0 Å². The molecule has 0 bridgehead atoms. The summed E-state index contributed by atoms with van der Waals surface area (Å²) in [6.45, 7) is 33.5. The molecule has 7 atom stereocenters. The van der Waals surface area contributed by atoms with Crippen molar-refractivity contribution in [3.8, 4) is 39.9 Å². The highest BCUT2D eigenvalue weighted by Crippen LogP contribution is 2.57. The molecule has 2 saturated heterocycles. The summed E-state index contributed by atoms with van der Waals surface area (Å²) in [7, 11) is 13.4. The molecule has 13 nitrogen and oxygen atoms in total. The van der Waals surface area contributed by atoms with E-state index in [1.165, 1.54) is 69.4 Å². The number of aromatic amines is 1. The fourth-order valence-electron chi connectivity index (χ4n) is 15.9. The molecule has 7 unspecified atom stereocenters. The fraction of sp³-hybridized carbons (Fsp3) is 0.558. The molecule has 0 amide bonds. The van der Waals surface area contributed by atoms with Crippen molar-refractivity contribution in [2.75, 3.05) is 93.6 Å². The standard InChI is InChI=1S/C21H34NO4.C19H26N2S.C19H21NO2.C18H27NO2/c1-20(2,3)18(23)25-16-11-10-15(12-13-22(7,8)9)14-17(16)26-19(24)21(4,5)6;1-17(12-22-4)10-18(2)14-6-5-7-15-16(14)13(9-20-15)8-19(18,3)21-11-17;1-19-11-13-7-8-15(21)18(22)16(13)14-6-4-5-12(17(14)19)9-10-20(19,2)3;1-5-10-19(4)11-12-21-18(3)16-13-15(20)7-6-14(16)8-9-17(18,19)2/h10-11,14H,12-13H2,1-9H3;5-7,9,20-21H,8,10-12H2,1-4H3;4-8H,9-11H2,1-3H3,(H-,21,22);6-7,13H,5,8-12H2,1-4H3/q+1;;;/p+2. The second-order valence-electron chi connectivity index (χ2n) is 32.7. The Hall–Kier alpha value is -5.87. The van der Waals surface area contributed by atoms with Crippen molar-refractivity contribution in [2.24, 2.45) is 16.2 Å². The number of ether oxygens (including phenoxy) is 3. The van der Waals surface area contributed by atoms with Crippen LogP contribution in [0.25, 0.3) is 22.0 Å². The molecule has 0 saturated carbocycles. The van der Waals surface area contributed by atoms with E-state index < -0.39 is 10.8 Å². The first kappa shape index (κ1) is 69.5. The smallest absolute Gasteiger partial charge is 0.316 e. The number of carbonyl (C=O) groups excluding carboxylic acids is 2. The zero-order valence-electron chi connectivity index (χ0n) is 58.9. The Morgan fingerprint density at radius 3 is 2.08 bits per heavy atom. The summed E-state index contributed by atoms with van der Waals surface area (Å²) in [4.78, 5) is 28.1. The summed E-state index contributed by atoms with van der Waals surface area (Å²) in [5.41, 5.74) is 12.8. The van der Waals surface area contributed by atoms with E-state index in [2.05, 4.69) is 156 Å². The first-order valence-corrected chi connectivity index (χ1v) is 34.6. The zero-order chi connectivity index (χ0) is 66.9. The topological polar surface area (TPSA) is 150 Å². The quantitative estimate of drug-likeness (QED) is 0.0410. The molecule has 91 heavy (non-hydrogen) atoms. The van der Waals surface area contributed by atoms with Crippen molar-refractivity contribution in [3.63, 3.8) is 0 Å². The number of nitrogens with one attached hydrogen (secondary N) is 2. The molecular weight excluding hydrogens is 1150 g/mol. The number of esters is 2. The van der Waals surface area contributed by atoms with Gasteiger partial charge >= 0.3 is 11.9 Å². The van der Waals surface area contributed by atoms with Gasteiger partial charge in [-0.25, -0.2) is 0 Å². The Kier molecular flexibility index (Phi) is 18.9. The maximum Gasteiger partial charge on any atom is 0.316 e. The van der Waals surface area contributed by atoms with E-state index in [1.807, 2.05) is 30.0 Å². The molecule has 0 spiro atoms. The third kappa shape index (κ3) is 13.0. The van der Waals surface area contributed by atoms with Crippen molar-refractivity contribution >= 4 is 34.6 Å². The van der Waals surface area contributed by atoms with Crippen LogP contribution in [-0.2, 0) is 63.0 Å². The highest BCUT2D eigenvalue weighted by atomic mass is 32.2. The number of benzene rings is 5. The molecule has 4 heterocycles. The number of aromatic nitrogens is 1. The molecule has 6 aliphatic rings. The molecule has 2 fully saturated rings. The van der Waals surface area contributed by atoms with Gasteiger partial charge in [0.2, 0.25) is 0 Å². The SMILES string of the molecule is CC(C)(C)C(=O)Oc1ccc(CC[N+](C)(C)C)cc1OC(=O)C(C)(C)C.CC12Cc3ccc(O)c(O)c3-c3cccc(c31)CC[N+]2(C)C.CCC[N+]1(C)CCOC2(C)c3cc(O)ccc3CCC21C.CSCC1(C)CNC2(C)Cc3c[nH]c4cccc(c34)C2(C)C1. The average molecular weight is 1270 g/mol. The number of phenolic OH excluding ortho intramolecular Hbond substituents is 3. The number of aryl methyl sites for hydroxylation is 1. The van der Waals surface area contributed by atoms with Crippen molar-refractivity contribution in [3.05, 3.63) is 136 Å². The summed E-state index contributed by atoms with van der Waals surface area (Å²) < 4.78 is 20.3. The largest absolute Gasteiger partial charge is 0.508 e. The highest BCUT2D eigenvalue weighted by molar-refractivity contribution is 7.98. The molecule has 3 aliphatic heterocycles. The molecule has 0 radical (unpaired) electrons. The lowest BCUT2D eigenvalue weighted by Crippen LogP contribution is -2.75. The Morgan fingerprint density at radius 2 is 1.42 bits per heavy atom. The predicted molar refractivity (Wildman–Crippen MR) is 371 cm³/mol. The fourth-order valence-corrected chi connectivity index (χ4v) is 16.8. The summed E-state index contributed by atoms with van der Waals surface area (Å²) in [6, 6.07) is 27.9. The summed E-state index contributed by atoms with van der Waals surface area (Å²) in [5.74, 6) is 1.38. The van der Waals surface area contributed by atoms with Gasteiger partial charge in [-0.05, 0) is 193 Å². The van der Waals surface area contributed by atoms with Crippen molar-refractivity contribution in [2.45, 2.75) is 169 Å². The van der Waals surface area contributed by atoms with Gasteiger partial charge in [-0.2, -0.15) is 11.8 Å². The van der Waals surface area contributed by atoms with Gasteiger partial charge in [-0.1, -0.05) is 69.3 Å². The third-order valence-electron chi connectivity index (χ3n) is 22.4. The lowest BCUT2D eigenvalue weighted by molar-refractivity contribution is -0.976. The number of quaternary nitrogens is 3. The Balaban J connectivity index is 0.000000144. The van der Waals surface area contributed by atoms with Gasteiger partial charge in [0.05, 0.1) is 79.4 Å². The van der Waals surface area contributed by atoms with Gasteiger partial charge in [0.15, 0.2) is 23.0 Å². The highest BCUT2D eigenvalue weighted by Gasteiger charge is 2.63. The number of piperidine rings is 1. The van der Waals surface area contributed by atoms with Crippen LogP contribution in [0.2, 0.25) is 0 Å². The first-order chi connectivity index (χ1) is 42.2. The van der Waals surface area contributed by atoms with Crippen LogP contribution in [0.15, 0.2) is 91.1 Å². The monoisotopic (exact) mass is 1260 g/mol. The van der Waals surface area contributed by atoms with E-state index in [0.717, 1.165) is 107 Å². The van der Waals surface area contributed by atoms with Gasteiger partial charge in [0.25, 0.3) is 0 Å². The molecule has 5 N–H and O–H groups in total. The van der Waals surface area contributed by atoms with Crippen LogP contribution in [0, 0.1) is 16.2 Å². The molecular formula is C77H110N5O8S+3. The third-order valence-corrected chi connectivity index (χ3v) is 23.4. The number of hydrogen-bond acceptors (Lipinski definition) is 10. The predicted octanol–water partition coefficient (Wildman–Crippen LogP) is 14.3. The molecule has 1 aromatic heterocycles. The van der Waals surface area contributed by atoms with Crippen LogP contribution >= 0.6 is 11.8 Å². The van der Waals surface area contributed by atoms with E-state index in [0.29, 0.717) is 16.9 Å². The van der Waals surface area contributed by atoms with Crippen LogP contribution in [0.5, 0.6) is 28.7 Å². The van der Waals surface area contributed by atoms with Crippen molar-refractivity contribution in [1.29, 1.82) is 0 Å². The number of morpholine rings is 1. The van der Waals surface area contributed by atoms with Gasteiger partial charge < -0.3 is 53.3 Å². The first-order valence-electron chi connectivity index (χ1n) is 33.2. The lowest BCUT2D eigenvalue weighted by Gasteiger charge is -2.62. The average Bonchev–Trinajstić information content (AvgIpc) is 1.47. The van der Waals surface area contributed by atoms with E-state index in [9.17, 15) is 24.9 Å². The number of fused-ring (bicyclic) bond motifs is 7. The Morgan fingerprint density at radius 1 is 0.747 bits per heavy atom. The molecule has 494 valence electrons. The van der Waals surface area contributed by atoms with Crippen LogP contribution in [-0.4, -0.2) is 150 Å². The molecule has 5 aromatic carbocycles. The van der Waals surface area contributed by atoms with E-state index >= 15 is 0 Å². The van der Waals surface area contributed by atoms with Crippen LogP contribution in [0.3, 0.4) is 0 Å². The minimum atomic E-state index is -0.649. The van der Waals surface area contributed by atoms with E-state index in [1.54, 1.807) is 65.8 Å². The van der Waals surface area contributed by atoms with Gasteiger partial charge in [-0.3, -0.25) is 9.59 Å². The Labute approximate surface area is 549 Å². The summed E-state index contributed by atoms with van der Waals surface area (Å²) in [6.07, 6.45) is 13.0. The van der Waals surface area contributed by atoms with Crippen LogP contribution in [0.1, 0.15) is 154 Å². The lowest BCUT2D eigenvalue weighted by atomic mass is 9.53. The van der Waals surface area contributed by atoms with E-state index in [4.69, 9.17) is 14.2 Å². The number of H-pyrrole nitrogens is 1. The van der Waals surface area contributed by atoms with Crippen LogP contribution < -0.4 is 14.8 Å². The van der Waals surface area contributed by atoms with Gasteiger partial charge in [0, 0.05) is 71.4 Å². The maximum absolute atomic E-state index is 12.3. The maximum atomic E-state index is 12.3. The normalized spacial score (nSPS) is 27.5. The molecule has 14 heteroatoms. The number of rotatable bonds is 9. The number of carbonyl (C=O) groups is 2. The molecule has 12 rings (SSSR count). The van der Waals surface area contributed by atoms with Gasteiger partial charge in [-0.15, -0.1) is 0 Å². The number of hydrogen-bond donors (Lipinski definition) is 5.